The van der Waals surface area contributed by atoms with Crippen molar-refractivity contribution < 1.29 is 33.3 Å². The van der Waals surface area contributed by atoms with Crippen molar-refractivity contribution in [1.29, 1.82) is 0 Å². The Morgan fingerprint density at radius 3 is 2.26 bits per heavy atom. The van der Waals surface area contributed by atoms with Crippen LogP contribution in [0.3, 0.4) is 0 Å². The van der Waals surface area contributed by atoms with E-state index in [4.69, 9.17) is 18.9 Å². The van der Waals surface area contributed by atoms with Gasteiger partial charge in [-0.15, -0.1) is 0 Å². The summed E-state index contributed by atoms with van der Waals surface area (Å²) >= 11 is 0. The summed E-state index contributed by atoms with van der Waals surface area (Å²) in [6.45, 7) is -0.603. The average Bonchev–Trinajstić information content (AvgIpc) is 3.17. The molecule has 0 bridgehead atoms. The lowest BCUT2D eigenvalue weighted by Gasteiger charge is -2.15. The minimum atomic E-state index is -0.792. The number of carbonyl (C=O) groups excluding carboxylic acids is 3. The average molecular weight is 380 g/mol. The standard InChI is InChI=1S/C18H24N2O7/c1-24-13-9-8-12(15(25-2)16(13)26-3)17(22)27-10-14(21)20-18(23)19-11-6-4-5-7-11/h8-9,11H,4-7,10H2,1-3H3,(H2,19,20,21,23). The maximum absolute atomic E-state index is 12.3. The molecular weight excluding hydrogens is 356 g/mol. The second-order valence-electron chi connectivity index (χ2n) is 5.96. The molecule has 1 aliphatic rings. The van der Waals surface area contributed by atoms with Gasteiger partial charge in [0.05, 0.1) is 21.3 Å². The van der Waals surface area contributed by atoms with Gasteiger partial charge in [0.25, 0.3) is 5.91 Å². The lowest BCUT2D eigenvalue weighted by atomic mass is 10.1. The van der Waals surface area contributed by atoms with Crippen LogP contribution in [-0.4, -0.2) is 51.9 Å². The summed E-state index contributed by atoms with van der Waals surface area (Å²) in [5, 5.41) is 4.85. The molecule has 3 amide bonds. The summed E-state index contributed by atoms with van der Waals surface area (Å²) < 4.78 is 20.5. The molecule has 0 unspecified atom stereocenters. The Morgan fingerprint density at radius 1 is 1.00 bits per heavy atom. The second kappa shape index (κ2) is 9.65. The lowest BCUT2D eigenvalue weighted by molar-refractivity contribution is -0.123. The molecule has 9 heteroatoms. The minimum absolute atomic E-state index is 0.0679. The van der Waals surface area contributed by atoms with Gasteiger partial charge in [-0.3, -0.25) is 10.1 Å². The molecule has 1 saturated carbocycles. The van der Waals surface area contributed by atoms with Crippen LogP contribution in [0.25, 0.3) is 0 Å². The molecule has 9 nitrogen and oxygen atoms in total. The van der Waals surface area contributed by atoms with E-state index in [0.29, 0.717) is 5.75 Å². The lowest BCUT2D eigenvalue weighted by Crippen LogP contribution is -2.45. The fourth-order valence-corrected chi connectivity index (χ4v) is 2.93. The number of amides is 3. The normalized spacial score (nSPS) is 13.6. The molecule has 0 atom stereocenters. The van der Waals surface area contributed by atoms with E-state index in [1.54, 1.807) is 0 Å². The molecule has 0 aliphatic heterocycles. The van der Waals surface area contributed by atoms with Crippen LogP contribution in [0, 0.1) is 0 Å². The van der Waals surface area contributed by atoms with Gasteiger partial charge in [0.15, 0.2) is 18.1 Å². The van der Waals surface area contributed by atoms with E-state index in [1.807, 2.05) is 0 Å². The molecule has 1 aromatic carbocycles. The van der Waals surface area contributed by atoms with Crippen LogP contribution in [0.15, 0.2) is 12.1 Å². The van der Waals surface area contributed by atoms with Gasteiger partial charge in [-0.05, 0) is 25.0 Å². The van der Waals surface area contributed by atoms with E-state index in [0.717, 1.165) is 25.7 Å². The van der Waals surface area contributed by atoms with Gasteiger partial charge in [-0.2, -0.15) is 0 Å². The first-order valence-corrected chi connectivity index (χ1v) is 8.56. The second-order valence-corrected chi connectivity index (χ2v) is 5.96. The third-order valence-corrected chi connectivity index (χ3v) is 4.20. The van der Waals surface area contributed by atoms with Crippen LogP contribution in [0.2, 0.25) is 0 Å². The molecular formula is C18H24N2O7. The number of nitrogens with one attached hydrogen (secondary N) is 2. The molecule has 1 aromatic rings. The van der Waals surface area contributed by atoms with E-state index >= 15 is 0 Å². The van der Waals surface area contributed by atoms with Crippen LogP contribution in [0.1, 0.15) is 36.0 Å². The Kier molecular flexibility index (Phi) is 7.27. The zero-order valence-electron chi connectivity index (χ0n) is 15.6. The summed E-state index contributed by atoms with van der Waals surface area (Å²) in [6, 6.07) is 2.45. The van der Waals surface area contributed by atoms with Gasteiger partial charge in [0.2, 0.25) is 5.75 Å². The zero-order valence-corrected chi connectivity index (χ0v) is 15.6. The number of urea groups is 1. The van der Waals surface area contributed by atoms with Crippen molar-refractivity contribution in [3.05, 3.63) is 17.7 Å². The van der Waals surface area contributed by atoms with E-state index in [-0.39, 0.29) is 23.1 Å². The van der Waals surface area contributed by atoms with Crippen molar-refractivity contribution in [2.75, 3.05) is 27.9 Å². The molecule has 27 heavy (non-hydrogen) atoms. The number of rotatable bonds is 7. The molecule has 1 fully saturated rings. The number of benzene rings is 1. The molecule has 0 radical (unpaired) electrons. The quantitative estimate of drug-likeness (QED) is 0.692. The predicted octanol–water partition coefficient (Wildman–Crippen LogP) is 1.64. The fraction of sp³-hybridized carbons (Fsp3) is 0.500. The first-order valence-electron chi connectivity index (χ1n) is 8.56. The SMILES string of the molecule is COc1ccc(C(=O)OCC(=O)NC(=O)NC2CCCC2)c(OC)c1OC. The molecule has 0 heterocycles. The zero-order chi connectivity index (χ0) is 19.8. The molecule has 148 valence electrons. The van der Waals surface area contributed by atoms with Gasteiger partial charge in [0.1, 0.15) is 5.56 Å². The molecule has 0 aromatic heterocycles. The van der Waals surface area contributed by atoms with Crippen molar-refractivity contribution in [2.24, 2.45) is 0 Å². The molecule has 2 N–H and O–H groups in total. The van der Waals surface area contributed by atoms with E-state index < -0.39 is 24.5 Å². The smallest absolute Gasteiger partial charge is 0.342 e. The van der Waals surface area contributed by atoms with Gasteiger partial charge in [-0.1, -0.05) is 12.8 Å². The summed E-state index contributed by atoms with van der Waals surface area (Å²) in [5.74, 6) is -0.777. The van der Waals surface area contributed by atoms with Gasteiger partial charge >= 0.3 is 12.0 Å². The molecule has 0 saturated heterocycles. The van der Waals surface area contributed by atoms with Gasteiger partial charge in [-0.25, -0.2) is 9.59 Å². The first-order chi connectivity index (χ1) is 13.0. The molecule has 2 rings (SSSR count). The van der Waals surface area contributed by atoms with Crippen LogP contribution in [-0.2, 0) is 9.53 Å². The highest BCUT2D eigenvalue weighted by atomic mass is 16.5. The Labute approximate surface area is 157 Å². The van der Waals surface area contributed by atoms with Crippen molar-refractivity contribution in [2.45, 2.75) is 31.7 Å². The Morgan fingerprint density at radius 2 is 1.67 bits per heavy atom. The van der Waals surface area contributed by atoms with E-state index in [1.165, 1.54) is 33.5 Å². The van der Waals surface area contributed by atoms with E-state index in [2.05, 4.69) is 10.6 Å². The summed E-state index contributed by atoms with van der Waals surface area (Å²) in [6.07, 6.45) is 3.92. The number of ether oxygens (including phenoxy) is 4. The highest BCUT2D eigenvalue weighted by Gasteiger charge is 2.23. The number of methoxy groups -OCH3 is 3. The first kappa shape index (κ1) is 20.3. The van der Waals surface area contributed by atoms with Gasteiger partial charge in [0, 0.05) is 6.04 Å². The van der Waals surface area contributed by atoms with Crippen molar-refractivity contribution in [3.8, 4) is 17.2 Å². The topological polar surface area (TPSA) is 112 Å². The number of imide groups is 1. The Bertz CT molecular complexity index is 699. The van der Waals surface area contributed by atoms with Crippen LogP contribution in [0.4, 0.5) is 4.79 Å². The summed E-state index contributed by atoms with van der Waals surface area (Å²) in [7, 11) is 4.23. The fourth-order valence-electron chi connectivity index (χ4n) is 2.93. The van der Waals surface area contributed by atoms with Crippen molar-refractivity contribution in [1.82, 2.24) is 10.6 Å². The van der Waals surface area contributed by atoms with E-state index in [9.17, 15) is 14.4 Å². The summed E-state index contributed by atoms with van der Waals surface area (Å²) in [4.78, 5) is 35.8. The number of hydrogen-bond acceptors (Lipinski definition) is 7. The maximum atomic E-state index is 12.3. The van der Waals surface area contributed by atoms with Crippen molar-refractivity contribution >= 4 is 17.9 Å². The predicted molar refractivity (Wildman–Crippen MR) is 95.3 cm³/mol. The number of esters is 1. The largest absolute Gasteiger partial charge is 0.493 e. The van der Waals surface area contributed by atoms with Crippen molar-refractivity contribution in [3.63, 3.8) is 0 Å². The molecule has 1 aliphatic carbocycles. The molecule has 0 spiro atoms. The minimum Gasteiger partial charge on any atom is -0.493 e. The number of carbonyl (C=O) groups is 3. The summed E-state index contributed by atoms with van der Waals surface area (Å²) in [5.41, 5.74) is 0.0679. The van der Waals surface area contributed by atoms with Crippen LogP contribution in [0.5, 0.6) is 17.2 Å². The van der Waals surface area contributed by atoms with Gasteiger partial charge < -0.3 is 24.3 Å². The van der Waals surface area contributed by atoms with Crippen LogP contribution >= 0.6 is 0 Å². The third kappa shape index (κ3) is 5.25. The highest BCUT2D eigenvalue weighted by Crippen LogP contribution is 2.39. The number of hydrogen-bond donors (Lipinski definition) is 2. The highest BCUT2D eigenvalue weighted by molar-refractivity contribution is 5.98. The maximum Gasteiger partial charge on any atom is 0.342 e. The Hall–Kier alpha value is -2.97. The monoisotopic (exact) mass is 380 g/mol. The Balaban J connectivity index is 1.92. The third-order valence-electron chi connectivity index (χ3n) is 4.20. The van der Waals surface area contributed by atoms with Crippen LogP contribution < -0.4 is 24.8 Å².